The molecular formula is C11H17N3O2S. The van der Waals surface area contributed by atoms with Gasteiger partial charge in [-0.3, -0.25) is 4.79 Å². The zero-order valence-electron chi connectivity index (χ0n) is 10.3. The Hall–Kier alpha value is -1.43. The van der Waals surface area contributed by atoms with E-state index in [1.807, 2.05) is 13.8 Å². The third-order valence-corrected chi connectivity index (χ3v) is 2.90. The number of nitrogens with zero attached hydrogens (tertiary/aromatic N) is 2. The number of hydrogen-bond acceptors (Lipinski definition) is 4. The highest BCUT2D eigenvalue weighted by atomic mass is 32.1. The van der Waals surface area contributed by atoms with E-state index in [9.17, 15) is 4.79 Å². The van der Waals surface area contributed by atoms with Crippen LogP contribution >= 0.6 is 12.2 Å². The third-order valence-electron chi connectivity index (χ3n) is 2.50. The average Bonchev–Trinajstić information content (AvgIpc) is 2.71. The molecule has 0 spiro atoms. The maximum atomic E-state index is 12.1. The van der Waals surface area contributed by atoms with Crippen molar-refractivity contribution in [2.24, 2.45) is 11.7 Å². The summed E-state index contributed by atoms with van der Waals surface area (Å²) in [4.78, 5) is 14.1. The zero-order chi connectivity index (χ0) is 13.0. The Morgan fingerprint density at radius 1 is 1.71 bits per heavy atom. The summed E-state index contributed by atoms with van der Waals surface area (Å²) in [6, 6.07) is 1.62. The number of thiocarbonyl (C=S) groups is 1. The Morgan fingerprint density at radius 2 is 2.35 bits per heavy atom. The van der Waals surface area contributed by atoms with E-state index in [0.29, 0.717) is 29.5 Å². The minimum atomic E-state index is -0.160. The van der Waals surface area contributed by atoms with E-state index in [1.54, 1.807) is 17.9 Å². The van der Waals surface area contributed by atoms with Crippen molar-refractivity contribution in [3.05, 3.63) is 17.5 Å². The SMILES string of the molecule is CCN(CC(C)C(N)=S)C(=O)c1cc(C)on1. The molecule has 0 saturated heterocycles. The first-order valence-corrected chi connectivity index (χ1v) is 5.88. The quantitative estimate of drug-likeness (QED) is 0.804. The van der Waals surface area contributed by atoms with Gasteiger partial charge in [0.1, 0.15) is 5.76 Å². The van der Waals surface area contributed by atoms with Crippen LogP contribution in [-0.4, -0.2) is 34.0 Å². The van der Waals surface area contributed by atoms with Crippen LogP contribution in [0.1, 0.15) is 30.1 Å². The maximum Gasteiger partial charge on any atom is 0.276 e. The molecule has 17 heavy (non-hydrogen) atoms. The lowest BCUT2D eigenvalue weighted by molar-refractivity contribution is 0.0744. The van der Waals surface area contributed by atoms with Crippen molar-refractivity contribution >= 4 is 23.1 Å². The maximum absolute atomic E-state index is 12.1. The minimum absolute atomic E-state index is 0.0121. The molecule has 0 aromatic carbocycles. The second-order valence-electron chi connectivity index (χ2n) is 3.97. The minimum Gasteiger partial charge on any atom is -0.393 e. The number of nitrogens with two attached hydrogens (primary N) is 1. The summed E-state index contributed by atoms with van der Waals surface area (Å²) in [6.45, 7) is 6.62. The van der Waals surface area contributed by atoms with E-state index in [0.717, 1.165) is 0 Å². The summed E-state index contributed by atoms with van der Waals surface area (Å²) in [5.74, 6) is 0.446. The molecule has 1 rings (SSSR count). The molecule has 94 valence electrons. The number of aromatic nitrogens is 1. The van der Waals surface area contributed by atoms with E-state index in [-0.39, 0.29) is 11.8 Å². The van der Waals surface area contributed by atoms with Crippen LogP contribution in [0.5, 0.6) is 0 Å². The molecule has 1 unspecified atom stereocenters. The van der Waals surface area contributed by atoms with Gasteiger partial charge in [0, 0.05) is 25.1 Å². The summed E-state index contributed by atoms with van der Waals surface area (Å²) in [5, 5.41) is 3.71. The molecule has 6 heteroatoms. The van der Waals surface area contributed by atoms with Crippen molar-refractivity contribution in [2.75, 3.05) is 13.1 Å². The van der Waals surface area contributed by atoms with E-state index in [1.165, 1.54) is 0 Å². The fourth-order valence-electron chi connectivity index (χ4n) is 1.41. The number of carbonyl (C=O) groups is 1. The molecule has 1 aromatic heterocycles. The number of hydrogen-bond donors (Lipinski definition) is 1. The van der Waals surface area contributed by atoms with Gasteiger partial charge in [0.25, 0.3) is 5.91 Å². The van der Waals surface area contributed by atoms with Gasteiger partial charge in [0.05, 0.1) is 4.99 Å². The van der Waals surface area contributed by atoms with Crippen LogP contribution in [0.25, 0.3) is 0 Å². The summed E-state index contributed by atoms with van der Waals surface area (Å²) >= 11 is 4.90. The molecule has 0 bridgehead atoms. The molecule has 1 atom stereocenters. The fraction of sp³-hybridized carbons (Fsp3) is 0.545. The van der Waals surface area contributed by atoms with Crippen LogP contribution < -0.4 is 5.73 Å². The zero-order valence-corrected chi connectivity index (χ0v) is 11.1. The molecule has 0 aliphatic carbocycles. The van der Waals surface area contributed by atoms with Gasteiger partial charge in [-0.25, -0.2) is 0 Å². The first-order valence-electron chi connectivity index (χ1n) is 5.47. The Morgan fingerprint density at radius 3 is 2.76 bits per heavy atom. The van der Waals surface area contributed by atoms with E-state index in [4.69, 9.17) is 22.5 Å². The Bertz CT molecular complexity index is 417. The van der Waals surface area contributed by atoms with Crippen LogP contribution in [0.3, 0.4) is 0 Å². The molecule has 1 heterocycles. The molecule has 5 nitrogen and oxygen atoms in total. The van der Waals surface area contributed by atoms with Gasteiger partial charge < -0.3 is 15.2 Å². The summed E-state index contributed by atoms with van der Waals surface area (Å²) < 4.78 is 4.88. The standard InChI is InChI=1S/C11H17N3O2S/c1-4-14(6-7(2)10(12)17)11(15)9-5-8(3)16-13-9/h5,7H,4,6H2,1-3H3,(H2,12,17). The molecule has 1 aromatic rings. The van der Waals surface area contributed by atoms with Crippen LogP contribution in [0.4, 0.5) is 0 Å². The van der Waals surface area contributed by atoms with Crippen LogP contribution in [0.15, 0.2) is 10.6 Å². The molecule has 0 fully saturated rings. The Kier molecular flexibility index (Phi) is 4.62. The van der Waals surface area contributed by atoms with Gasteiger partial charge in [-0.2, -0.15) is 0 Å². The van der Waals surface area contributed by atoms with Gasteiger partial charge in [-0.1, -0.05) is 24.3 Å². The molecule has 2 N–H and O–H groups in total. The molecule has 1 amide bonds. The average molecular weight is 255 g/mol. The second kappa shape index (κ2) is 5.77. The number of amides is 1. The lowest BCUT2D eigenvalue weighted by atomic mass is 10.1. The highest BCUT2D eigenvalue weighted by Gasteiger charge is 2.20. The van der Waals surface area contributed by atoms with Gasteiger partial charge in [0.2, 0.25) is 0 Å². The van der Waals surface area contributed by atoms with Crippen molar-refractivity contribution < 1.29 is 9.32 Å². The monoisotopic (exact) mass is 255 g/mol. The van der Waals surface area contributed by atoms with Crippen LogP contribution in [-0.2, 0) is 0 Å². The lowest BCUT2D eigenvalue weighted by Crippen LogP contribution is -2.38. The number of aryl methyl sites for hydroxylation is 1. The topological polar surface area (TPSA) is 72.4 Å². The van der Waals surface area contributed by atoms with Crippen LogP contribution in [0.2, 0.25) is 0 Å². The second-order valence-corrected chi connectivity index (χ2v) is 4.44. The fourth-order valence-corrected chi connectivity index (χ4v) is 1.48. The molecule has 0 saturated carbocycles. The van der Waals surface area contributed by atoms with E-state index < -0.39 is 0 Å². The lowest BCUT2D eigenvalue weighted by Gasteiger charge is -2.22. The van der Waals surface area contributed by atoms with Crippen molar-refractivity contribution in [3.8, 4) is 0 Å². The predicted molar refractivity (Wildman–Crippen MR) is 68.8 cm³/mol. The first-order chi connectivity index (χ1) is 7.95. The largest absolute Gasteiger partial charge is 0.393 e. The van der Waals surface area contributed by atoms with Crippen molar-refractivity contribution in [3.63, 3.8) is 0 Å². The summed E-state index contributed by atoms with van der Waals surface area (Å²) in [6.07, 6.45) is 0. The Balaban J connectivity index is 2.74. The number of carbonyl (C=O) groups excluding carboxylic acids is 1. The molecule has 0 aliphatic rings. The van der Waals surface area contributed by atoms with Gasteiger partial charge in [-0.15, -0.1) is 0 Å². The Labute approximate surface area is 106 Å². The smallest absolute Gasteiger partial charge is 0.276 e. The van der Waals surface area contributed by atoms with Gasteiger partial charge in [0.15, 0.2) is 5.69 Å². The molecule has 0 radical (unpaired) electrons. The van der Waals surface area contributed by atoms with Crippen molar-refractivity contribution in [2.45, 2.75) is 20.8 Å². The van der Waals surface area contributed by atoms with Crippen LogP contribution in [0, 0.1) is 12.8 Å². The highest BCUT2D eigenvalue weighted by Crippen LogP contribution is 2.08. The first kappa shape index (κ1) is 13.6. The van der Waals surface area contributed by atoms with Crippen molar-refractivity contribution in [1.82, 2.24) is 10.1 Å². The van der Waals surface area contributed by atoms with Gasteiger partial charge in [-0.05, 0) is 13.8 Å². The number of rotatable bonds is 5. The van der Waals surface area contributed by atoms with Gasteiger partial charge >= 0.3 is 0 Å². The third kappa shape index (κ3) is 3.52. The molecule has 0 aliphatic heterocycles. The summed E-state index contributed by atoms with van der Waals surface area (Å²) in [7, 11) is 0. The summed E-state index contributed by atoms with van der Waals surface area (Å²) in [5.41, 5.74) is 5.86. The van der Waals surface area contributed by atoms with Crippen molar-refractivity contribution in [1.29, 1.82) is 0 Å². The normalized spacial score (nSPS) is 12.2. The predicted octanol–water partition coefficient (Wildman–Crippen LogP) is 1.37. The van der Waals surface area contributed by atoms with E-state index in [2.05, 4.69) is 5.16 Å². The highest BCUT2D eigenvalue weighted by molar-refractivity contribution is 7.80. The molecular weight excluding hydrogens is 238 g/mol. The van der Waals surface area contributed by atoms with E-state index >= 15 is 0 Å².